The molecule has 0 spiro atoms. The average Bonchev–Trinajstić information content (AvgIpc) is 2.49. The molecule has 0 atom stereocenters. The Balaban J connectivity index is 0.000000771. The topological polar surface area (TPSA) is 47.0 Å². The summed E-state index contributed by atoms with van der Waals surface area (Å²) in [5, 5.41) is 0. The van der Waals surface area contributed by atoms with Gasteiger partial charge in [0.05, 0.1) is 0 Å². The van der Waals surface area contributed by atoms with E-state index >= 15 is 0 Å². The molecule has 1 aromatic heterocycles. The van der Waals surface area contributed by atoms with Crippen molar-refractivity contribution in [3.8, 4) is 0 Å². The number of pyridine rings is 1. The Morgan fingerprint density at radius 1 is 1.11 bits per heavy atom. The minimum atomic E-state index is -0.162. The maximum atomic E-state index is 12.0. The largest absolute Gasteiger partial charge is 0.298 e. The lowest BCUT2D eigenvalue weighted by Gasteiger charge is -2.02. The molecule has 0 amide bonds. The molecule has 0 radical (unpaired) electrons. The summed E-state index contributed by atoms with van der Waals surface area (Å²) < 4.78 is 0. The Morgan fingerprint density at radius 3 is 2.39 bits per heavy atom. The molecule has 0 fully saturated rings. The van der Waals surface area contributed by atoms with Crippen molar-refractivity contribution in [3.05, 3.63) is 65.5 Å². The van der Waals surface area contributed by atoms with Gasteiger partial charge in [0.2, 0.25) is 0 Å². The zero-order valence-electron chi connectivity index (χ0n) is 10.5. The van der Waals surface area contributed by atoms with E-state index in [1.165, 1.54) is 12.4 Å². The fourth-order valence-electron chi connectivity index (χ4n) is 1.45. The Hall–Kier alpha value is -2.29. The van der Waals surface area contributed by atoms with Gasteiger partial charge in [-0.25, -0.2) is 0 Å². The molecule has 0 aliphatic carbocycles. The third kappa shape index (κ3) is 3.10. The van der Waals surface area contributed by atoms with Crippen molar-refractivity contribution in [3.63, 3.8) is 0 Å². The highest BCUT2D eigenvalue weighted by atomic mass is 16.1. The third-order valence-electron chi connectivity index (χ3n) is 2.26. The van der Waals surface area contributed by atoms with Gasteiger partial charge in [0.25, 0.3) is 0 Å². The van der Waals surface area contributed by atoms with Crippen molar-refractivity contribution in [1.82, 2.24) is 4.98 Å². The summed E-state index contributed by atoms with van der Waals surface area (Å²) in [5.74, 6) is -0.162. The lowest BCUT2D eigenvalue weighted by Crippen LogP contribution is -2.05. The van der Waals surface area contributed by atoms with Crippen LogP contribution in [0.1, 0.15) is 40.1 Å². The number of carbonyl (C=O) groups excluding carboxylic acids is 2. The van der Waals surface area contributed by atoms with Crippen LogP contribution in [0.25, 0.3) is 0 Å². The number of hydrogen-bond donors (Lipinski definition) is 0. The van der Waals surface area contributed by atoms with Crippen LogP contribution in [0, 0.1) is 0 Å². The van der Waals surface area contributed by atoms with E-state index in [4.69, 9.17) is 0 Å². The van der Waals surface area contributed by atoms with Gasteiger partial charge < -0.3 is 0 Å². The molecular weight excluding hydrogens is 226 g/mol. The Kier molecular flexibility index (Phi) is 5.45. The van der Waals surface area contributed by atoms with E-state index in [1.54, 1.807) is 30.3 Å². The number of hydrogen-bond acceptors (Lipinski definition) is 3. The average molecular weight is 241 g/mol. The summed E-state index contributed by atoms with van der Waals surface area (Å²) in [4.78, 5) is 26.6. The number of aromatic nitrogens is 1. The summed E-state index contributed by atoms with van der Waals surface area (Å²) in [5.41, 5.74) is 1.27. The number of benzene rings is 1. The first-order valence-electron chi connectivity index (χ1n) is 5.82. The summed E-state index contributed by atoms with van der Waals surface area (Å²) in [6.07, 6.45) is 3.54. The van der Waals surface area contributed by atoms with Crippen molar-refractivity contribution in [2.75, 3.05) is 0 Å². The molecule has 0 saturated carbocycles. The molecule has 92 valence electrons. The second-order valence-electron chi connectivity index (χ2n) is 3.28. The van der Waals surface area contributed by atoms with Crippen LogP contribution < -0.4 is 0 Å². The minimum Gasteiger partial charge on any atom is -0.298 e. The second kappa shape index (κ2) is 7.12. The fourth-order valence-corrected chi connectivity index (χ4v) is 1.45. The normalized spacial score (nSPS) is 9.00. The van der Waals surface area contributed by atoms with Crippen LogP contribution in [-0.2, 0) is 0 Å². The zero-order chi connectivity index (χ0) is 13.4. The van der Waals surface area contributed by atoms with Gasteiger partial charge in [0.15, 0.2) is 12.1 Å². The zero-order valence-corrected chi connectivity index (χ0v) is 10.5. The maximum absolute atomic E-state index is 12.0. The highest BCUT2D eigenvalue weighted by Gasteiger charge is 2.12. The van der Waals surface area contributed by atoms with Gasteiger partial charge in [-0.1, -0.05) is 44.2 Å². The molecule has 1 aromatic carbocycles. The molecule has 0 aliphatic rings. The number of rotatable bonds is 3. The first-order chi connectivity index (χ1) is 8.83. The van der Waals surface area contributed by atoms with Gasteiger partial charge in [0, 0.05) is 29.1 Å². The van der Waals surface area contributed by atoms with Crippen LogP contribution in [0.3, 0.4) is 0 Å². The van der Waals surface area contributed by atoms with Crippen LogP contribution in [0.4, 0.5) is 0 Å². The van der Waals surface area contributed by atoms with Gasteiger partial charge >= 0.3 is 0 Å². The Bertz CT molecular complexity index is 521. The summed E-state index contributed by atoms with van der Waals surface area (Å²) >= 11 is 0. The number of carbonyl (C=O) groups is 2. The van der Waals surface area contributed by atoms with Crippen molar-refractivity contribution < 1.29 is 9.59 Å². The van der Waals surface area contributed by atoms with Crippen LogP contribution in [0.15, 0.2) is 48.8 Å². The van der Waals surface area contributed by atoms with E-state index in [9.17, 15) is 9.59 Å². The predicted molar refractivity (Wildman–Crippen MR) is 70.8 cm³/mol. The third-order valence-corrected chi connectivity index (χ3v) is 2.26. The number of nitrogens with zero attached hydrogens (tertiary/aromatic N) is 1. The van der Waals surface area contributed by atoms with Crippen LogP contribution >= 0.6 is 0 Å². The van der Waals surface area contributed by atoms with Gasteiger partial charge in [0.1, 0.15) is 0 Å². The molecule has 3 heteroatoms. The molecular formula is C15H15NO2. The number of ketones is 1. The monoisotopic (exact) mass is 241 g/mol. The summed E-state index contributed by atoms with van der Waals surface area (Å²) in [6.45, 7) is 4.00. The molecule has 0 bridgehead atoms. The van der Waals surface area contributed by atoms with E-state index in [0.29, 0.717) is 23.0 Å². The van der Waals surface area contributed by atoms with E-state index in [0.717, 1.165) is 0 Å². The summed E-state index contributed by atoms with van der Waals surface area (Å²) in [7, 11) is 0. The quantitative estimate of drug-likeness (QED) is 0.612. The fraction of sp³-hybridized carbons (Fsp3) is 0.133. The SMILES string of the molecule is CC.O=Cc1cnccc1C(=O)c1ccccc1. The minimum absolute atomic E-state index is 0.162. The smallest absolute Gasteiger partial charge is 0.193 e. The molecule has 2 rings (SSSR count). The molecule has 2 aromatic rings. The van der Waals surface area contributed by atoms with Crippen molar-refractivity contribution in [2.45, 2.75) is 13.8 Å². The van der Waals surface area contributed by atoms with Crippen molar-refractivity contribution in [1.29, 1.82) is 0 Å². The van der Waals surface area contributed by atoms with E-state index < -0.39 is 0 Å². The Morgan fingerprint density at radius 2 is 1.78 bits per heavy atom. The van der Waals surface area contributed by atoms with E-state index in [-0.39, 0.29) is 5.78 Å². The lowest BCUT2D eigenvalue weighted by molar-refractivity contribution is 0.102. The molecule has 0 saturated heterocycles. The van der Waals surface area contributed by atoms with Crippen LogP contribution in [0.5, 0.6) is 0 Å². The molecule has 0 aliphatic heterocycles. The highest BCUT2D eigenvalue weighted by Crippen LogP contribution is 2.11. The number of aldehydes is 1. The van der Waals surface area contributed by atoms with E-state index in [1.807, 2.05) is 19.9 Å². The highest BCUT2D eigenvalue weighted by molar-refractivity contribution is 6.12. The molecule has 1 heterocycles. The Labute approximate surface area is 106 Å². The molecule has 18 heavy (non-hydrogen) atoms. The first kappa shape index (κ1) is 13.8. The predicted octanol–water partition coefficient (Wildman–Crippen LogP) is 3.15. The van der Waals surface area contributed by atoms with Crippen LogP contribution in [-0.4, -0.2) is 17.1 Å². The van der Waals surface area contributed by atoms with Gasteiger partial charge in [-0.3, -0.25) is 14.6 Å². The van der Waals surface area contributed by atoms with Crippen molar-refractivity contribution in [2.24, 2.45) is 0 Å². The van der Waals surface area contributed by atoms with Gasteiger partial charge in [-0.2, -0.15) is 0 Å². The first-order valence-corrected chi connectivity index (χ1v) is 5.82. The van der Waals surface area contributed by atoms with Gasteiger partial charge in [-0.05, 0) is 6.07 Å². The van der Waals surface area contributed by atoms with E-state index in [2.05, 4.69) is 4.98 Å². The summed E-state index contributed by atoms with van der Waals surface area (Å²) in [6, 6.07) is 10.4. The second-order valence-corrected chi connectivity index (χ2v) is 3.28. The molecule has 0 unspecified atom stereocenters. The molecule has 0 N–H and O–H groups in total. The maximum Gasteiger partial charge on any atom is 0.193 e. The van der Waals surface area contributed by atoms with Crippen LogP contribution in [0.2, 0.25) is 0 Å². The van der Waals surface area contributed by atoms with Gasteiger partial charge in [-0.15, -0.1) is 0 Å². The standard InChI is InChI=1S/C13H9NO2.C2H6/c15-9-11-8-14-7-6-12(11)13(16)10-4-2-1-3-5-10;1-2/h1-9H;1-2H3. The lowest BCUT2D eigenvalue weighted by atomic mass is 10.0. The van der Waals surface area contributed by atoms with Crippen molar-refractivity contribution >= 4 is 12.1 Å². The molecule has 3 nitrogen and oxygen atoms in total.